The minimum absolute atomic E-state index is 0.208. The molecule has 114 valence electrons. The summed E-state index contributed by atoms with van der Waals surface area (Å²) < 4.78 is 4.95. The summed E-state index contributed by atoms with van der Waals surface area (Å²) in [5, 5.41) is 0. The van der Waals surface area contributed by atoms with Crippen molar-refractivity contribution in [1.82, 2.24) is 0 Å². The van der Waals surface area contributed by atoms with Crippen molar-refractivity contribution < 1.29 is 9.53 Å². The third-order valence-electron chi connectivity index (χ3n) is 4.42. The first-order chi connectivity index (χ1) is 9.69. The maximum Gasteiger partial charge on any atom is 0.328 e. The predicted octanol–water partition coefficient (Wildman–Crippen LogP) is 3.87. The second kappa shape index (κ2) is 5.21. The van der Waals surface area contributed by atoms with Crippen LogP contribution < -0.4 is 4.90 Å². The molecule has 1 atom stereocenters. The Hall–Kier alpha value is -1.77. The standard InChI is InChI=1S/C18H25NO2/c1-11-8-15-13(3)10-18(5,6)19(14(4)17(20)21-7)16(15)9-12(11)2/h8-10,14H,1-7H3. The van der Waals surface area contributed by atoms with E-state index in [4.69, 9.17) is 4.74 Å². The number of anilines is 1. The van der Waals surface area contributed by atoms with Gasteiger partial charge in [-0.1, -0.05) is 6.08 Å². The number of carbonyl (C=O) groups is 1. The zero-order chi connectivity index (χ0) is 15.9. The van der Waals surface area contributed by atoms with Crippen LogP contribution in [0.15, 0.2) is 18.2 Å². The summed E-state index contributed by atoms with van der Waals surface area (Å²) in [5.41, 5.74) is 5.85. The molecular formula is C18H25NO2. The number of benzene rings is 1. The van der Waals surface area contributed by atoms with Crippen molar-refractivity contribution in [1.29, 1.82) is 0 Å². The van der Waals surface area contributed by atoms with E-state index in [1.807, 2.05) is 6.92 Å². The third kappa shape index (κ3) is 2.57. The summed E-state index contributed by atoms with van der Waals surface area (Å²) in [5.74, 6) is -0.208. The molecule has 2 rings (SSSR count). The lowest BCUT2D eigenvalue weighted by Crippen LogP contribution is -2.53. The Morgan fingerprint density at radius 2 is 1.76 bits per heavy atom. The molecule has 1 unspecified atom stereocenters. The van der Waals surface area contributed by atoms with Crippen molar-refractivity contribution in [2.45, 2.75) is 53.1 Å². The Bertz CT molecular complexity index is 614. The fraction of sp³-hybridized carbons (Fsp3) is 0.500. The number of hydrogen-bond acceptors (Lipinski definition) is 3. The van der Waals surface area contributed by atoms with Crippen LogP contribution in [0.4, 0.5) is 5.69 Å². The van der Waals surface area contributed by atoms with Gasteiger partial charge in [-0.3, -0.25) is 0 Å². The summed E-state index contributed by atoms with van der Waals surface area (Å²) >= 11 is 0. The summed E-state index contributed by atoms with van der Waals surface area (Å²) in [6, 6.07) is 4.07. The minimum atomic E-state index is -0.324. The maximum atomic E-state index is 12.1. The van der Waals surface area contributed by atoms with Crippen LogP contribution in [0.25, 0.3) is 5.57 Å². The summed E-state index contributed by atoms with van der Waals surface area (Å²) in [6.45, 7) is 12.5. The first-order valence-electron chi connectivity index (χ1n) is 7.37. The van der Waals surface area contributed by atoms with E-state index in [2.05, 4.69) is 57.7 Å². The van der Waals surface area contributed by atoms with Gasteiger partial charge in [0.05, 0.1) is 12.6 Å². The van der Waals surface area contributed by atoms with Crippen molar-refractivity contribution in [3.63, 3.8) is 0 Å². The number of nitrogens with zero attached hydrogens (tertiary/aromatic N) is 1. The van der Waals surface area contributed by atoms with Crippen LogP contribution in [-0.2, 0) is 9.53 Å². The second-order valence-electron chi connectivity index (χ2n) is 6.50. The van der Waals surface area contributed by atoms with Gasteiger partial charge in [-0.15, -0.1) is 0 Å². The minimum Gasteiger partial charge on any atom is -0.467 e. The highest BCUT2D eigenvalue weighted by Gasteiger charge is 2.37. The third-order valence-corrected chi connectivity index (χ3v) is 4.42. The molecule has 0 saturated carbocycles. The van der Waals surface area contributed by atoms with E-state index in [1.165, 1.54) is 29.4 Å². The Kier molecular flexibility index (Phi) is 3.87. The predicted molar refractivity (Wildman–Crippen MR) is 87.6 cm³/mol. The van der Waals surface area contributed by atoms with Crippen molar-refractivity contribution in [3.8, 4) is 0 Å². The molecule has 0 spiro atoms. The monoisotopic (exact) mass is 287 g/mol. The molecule has 1 heterocycles. The van der Waals surface area contributed by atoms with Gasteiger partial charge in [-0.25, -0.2) is 4.79 Å². The number of carbonyl (C=O) groups excluding carboxylic acids is 1. The molecule has 3 heteroatoms. The van der Waals surface area contributed by atoms with Crippen LogP contribution in [0.3, 0.4) is 0 Å². The van der Waals surface area contributed by atoms with E-state index in [0.717, 1.165) is 5.69 Å². The smallest absolute Gasteiger partial charge is 0.328 e. The Balaban J connectivity index is 2.66. The normalized spacial score (nSPS) is 17.9. The number of esters is 1. The molecule has 0 fully saturated rings. The molecule has 1 aliphatic rings. The molecule has 0 radical (unpaired) electrons. The lowest BCUT2D eigenvalue weighted by atomic mass is 9.86. The molecule has 0 aliphatic carbocycles. The van der Waals surface area contributed by atoms with E-state index >= 15 is 0 Å². The first-order valence-corrected chi connectivity index (χ1v) is 7.37. The van der Waals surface area contributed by atoms with Crippen LogP contribution in [0, 0.1) is 13.8 Å². The van der Waals surface area contributed by atoms with Gasteiger partial charge in [0.15, 0.2) is 0 Å². The lowest BCUT2D eigenvalue weighted by molar-refractivity contribution is -0.142. The van der Waals surface area contributed by atoms with Crippen molar-refractivity contribution in [2.24, 2.45) is 0 Å². The Labute approximate surface area is 127 Å². The van der Waals surface area contributed by atoms with E-state index in [1.54, 1.807) is 0 Å². The fourth-order valence-corrected chi connectivity index (χ4v) is 3.29. The van der Waals surface area contributed by atoms with E-state index < -0.39 is 0 Å². The van der Waals surface area contributed by atoms with E-state index in [0.29, 0.717) is 0 Å². The van der Waals surface area contributed by atoms with Gasteiger partial charge in [0.2, 0.25) is 0 Å². The van der Waals surface area contributed by atoms with Crippen molar-refractivity contribution in [3.05, 3.63) is 34.9 Å². The van der Waals surface area contributed by atoms with E-state index in [-0.39, 0.29) is 17.6 Å². The van der Waals surface area contributed by atoms with Gasteiger partial charge in [0.25, 0.3) is 0 Å². The molecule has 0 N–H and O–H groups in total. The van der Waals surface area contributed by atoms with Crippen LogP contribution in [0.1, 0.15) is 44.4 Å². The Morgan fingerprint density at radius 1 is 1.19 bits per heavy atom. The van der Waals surface area contributed by atoms with Crippen LogP contribution in [-0.4, -0.2) is 24.7 Å². The summed E-state index contributed by atoms with van der Waals surface area (Å²) in [4.78, 5) is 14.2. The molecule has 0 aromatic heterocycles. The van der Waals surface area contributed by atoms with Crippen LogP contribution in [0.2, 0.25) is 0 Å². The van der Waals surface area contributed by atoms with Crippen LogP contribution in [0.5, 0.6) is 0 Å². The summed E-state index contributed by atoms with van der Waals surface area (Å²) in [7, 11) is 1.44. The van der Waals surface area contributed by atoms with Crippen LogP contribution >= 0.6 is 0 Å². The molecular weight excluding hydrogens is 262 g/mol. The molecule has 0 amide bonds. The van der Waals surface area contributed by atoms with Gasteiger partial charge >= 0.3 is 5.97 Å². The highest BCUT2D eigenvalue weighted by Crippen LogP contribution is 2.41. The average Bonchev–Trinajstić information content (AvgIpc) is 2.39. The number of ether oxygens (including phenoxy) is 1. The zero-order valence-electron chi connectivity index (χ0n) is 14.1. The SMILES string of the molecule is COC(=O)C(C)N1c2cc(C)c(C)cc2C(C)=CC1(C)C. The summed E-state index contributed by atoms with van der Waals surface area (Å²) in [6.07, 6.45) is 2.23. The molecule has 0 bridgehead atoms. The van der Waals surface area contributed by atoms with Gasteiger partial charge in [0.1, 0.15) is 6.04 Å². The van der Waals surface area contributed by atoms with Gasteiger partial charge in [-0.05, 0) is 70.4 Å². The van der Waals surface area contributed by atoms with E-state index in [9.17, 15) is 4.79 Å². The van der Waals surface area contributed by atoms with Gasteiger partial charge < -0.3 is 9.64 Å². The van der Waals surface area contributed by atoms with Crippen molar-refractivity contribution >= 4 is 17.2 Å². The number of aryl methyl sites for hydroxylation is 2. The van der Waals surface area contributed by atoms with Crippen molar-refractivity contribution in [2.75, 3.05) is 12.0 Å². The zero-order valence-corrected chi connectivity index (χ0v) is 14.1. The number of hydrogen-bond donors (Lipinski definition) is 0. The fourth-order valence-electron chi connectivity index (χ4n) is 3.29. The average molecular weight is 287 g/mol. The molecule has 1 aromatic rings. The molecule has 0 saturated heterocycles. The lowest BCUT2D eigenvalue weighted by Gasteiger charge is -2.46. The topological polar surface area (TPSA) is 29.5 Å². The number of fused-ring (bicyclic) bond motifs is 1. The molecule has 1 aromatic carbocycles. The molecule has 1 aliphatic heterocycles. The highest BCUT2D eigenvalue weighted by molar-refractivity contribution is 5.87. The van der Waals surface area contributed by atoms with Gasteiger partial charge in [-0.2, -0.15) is 0 Å². The largest absolute Gasteiger partial charge is 0.467 e. The molecule has 21 heavy (non-hydrogen) atoms. The molecule has 3 nitrogen and oxygen atoms in total. The number of methoxy groups -OCH3 is 1. The highest BCUT2D eigenvalue weighted by atomic mass is 16.5. The second-order valence-corrected chi connectivity index (χ2v) is 6.50. The first kappa shape index (κ1) is 15.6. The maximum absolute atomic E-state index is 12.1. The quantitative estimate of drug-likeness (QED) is 0.773. The number of rotatable bonds is 2. The number of allylic oxidation sites excluding steroid dienone is 1. The van der Waals surface area contributed by atoms with Gasteiger partial charge in [0, 0.05) is 11.3 Å². The Morgan fingerprint density at radius 3 is 2.33 bits per heavy atom.